The van der Waals surface area contributed by atoms with Crippen LogP contribution in [-0.2, 0) is 0 Å². The van der Waals surface area contributed by atoms with Crippen LogP contribution < -0.4 is 5.32 Å². The van der Waals surface area contributed by atoms with Gasteiger partial charge in [0.05, 0.1) is 4.92 Å². The number of benzene rings is 1. The van der Waals surface area contributed by atoms with Gasteiger partial charge in [0.15, 0.2) is 0 Å². The van der Waals surface area contributed by atoms with Crippen molar-refractivity contribution in [2.75, 3.05) is 26.2 Å². The number of hydrogen-bond acceptors (Lipinski definition) is 4. The van der Waals surface area contributed by atoms with Gasteiger partial charge in [-0.3, -0.25) is 15.0 Å². The highest BCUT2D eigenvalue weighted by atomic mass is 35.5. The third kappa shape index (κ3) is 5.05. The average molecular weight is 362 g/mol. The van der Waals surface area contributed by atoms with E-state index < -0.39 is 0 Å². The molecule has 1 N–H and O–H groups in total. The maximum atomic E-state index is 11.2. The van der Waals surface area contributed by atoms with Crippen LogP contribution in [0, 0.1) is 23.0 Å². The molecule has 1 aliphatic carbocycles. The molecule has 130 valence electrons. The summed E-state index contributed by atoms with van der Waals surface area (Å²) in [6.07, 6.45) is 3.77. The summed E-state index contributed by atoms with van der Waals surface area (Å²) in [7, 11) is 0. The minimum Gasteiger partial charge on any atom is -0.314 e. The van der Waals surface area contributed by atoms with E-state index in [1.54, 1.807) is 6.07 Å². The van der Waals surface area contributed by atoms with E-state index in [0.717, 1.165) is 49.6 Å². The second kappa shape index (κ2) is 8.83. The van der Waals surface area contributed by atoms with Gasteiger partial charge >= 0.3 is 0 Å². The molecule has 1 aromatic carbocycles. The quantitative estimate of drug-likeness (QED) is 0.644. The molecule has 1 atom stereocenters. The zero-order valence-electron chi connectivity index (χ0n) is 13.4. The van der Waals surface area contributed by atoms with Gasteiger partial charge in [0.1, 0.15) is 0 Å². The van der Waals surface area contributed by atoms with Gasteiger partial charge in [0, 0.05) is 43.9 Å². The predicted molar refractivity (Wildman–Crippen MR) is 96.9 cm³/mol. The summed E-state index contributed by atoms with van der Waals surface area (Å²) in [6, 6.07) is 6.11. The number of nitrogens with zero attached hydrogens (tertiary/aromatic N) is 2. The van der Waals surface area contributed by atoms with Crippen LogP contribution in [0.2, 0.25) is 0 Å². The Bertz CT molecular complexity index is 532. The fourth-order valence-corrected chi connectivity index (χ4v) is 3.19. The number of piperazine rings is 1. The number of rotatable bonds is 5. The van der Waals surface area contributed by atoms with Crippen molar-refractivity contribution < 1.29 is 4.92 Å². The van der Waals surface area contributed by atoms with Crippen LogP contribution in [0.15, 0.2) is 18.2 Å². The van der Waals surface area contributed by atoms with Gasteiger partial charge in [-0.15, -0.1) is 24.8 Å². The van der Waals surface area contributed by atoms with Crippen molar-refractivity contribution in [2.24, 2.45) is 5.92 Å². The summed E-state index contributed by atoms with van der Waals surface area (Å²) in [5.74, 6) is 0.810. The lowest BCUT2D eigenvalue weighted by atomic mass is 9.97. The minimum atomic E-state index is -0.259. The molecule has 0 aromatic heterocycles. The first kappa shape index (κ1) is 20.2. The van der Waals surface area contributed by atoms with Gasteiger partial charge in [-0.25, -0.2) is 0 Å². The van der Waals surface area contributed by atoms with E-state index in [0.29, 0.717) is 6.04 Å². The smallest absolute Gasteiger partial charge is 0.272 e. The van der Waals surface area contributed by atoms with Crippen molar-refractivity contribution >= 4 is 30.5 Å². The molecule has 1 saturated carbocycles. The van der Waals surface area contributed by atoms with Gasteiger partial charge in [-0.2, -0.15) is 0 Å². The van der Waals surface area contributed by atoms with E-state index in [2.05, 4.69) is 16.3 Å². The maximum Gasteiger partial charge on any atom is 0.272 e. The van der Waals surface area contributed by atoms with Gasteiger partial charge < -0.3 is 5.32 Å². The molecule has 1 saturated heterocycles. The maximum absolute atomic E-state index is 11.2. The Kier molecular flexibility index (Phi) is 7.74. The first-order chi connectivity index (χ1) is 10.1. The topological polar surface area (TPSA) is 58.4 Å². The number of hydrogen-bond donors (Lipinski definition) is 1. The molecular weight excluding hydrogens is 337 g/mol. The monoisotopic (exact) mass is 361 g/mol. The molecule has 3 rings (SSSR count). The van der Waals surface area contributed by atoms with Crippen molar-refractivity contribution in [1.29, 1.82) is 0 Å². The molecule has 0 amide bonds. The van der Waals surface area contributed by atoms with Crippen molar-refractivity contribution in [2.45, 2.75) is 32.2 Å². The molecule has 1 aromatic rings. The zero-order chi connectivity index (χ0) is 14.8. The second-order valence-electron chi connectivity index (χ2n) is 6.28. The van der Waals surface area contributed by atoms with Crippen LogP contribution in [0.4, 0.5) is 5.69 Å². The minimum absolute atomic E-state index is 0. The molecule has 0 spiro atoms. The summed E-state index contributed by atoms with van der Waals surface area (Å²) in [5.41, 5.74) is 2.11. The third-order valence-corrected chi connectivity index (χ3v) is 4.66. The molecule has 2 aliphatic rings. The van der Waals surface area contributed by atoms with Gasteiger partial charge in [-0.1, -0.05) is 25.0 Å². The van der Waals surface area contributed by atoms with Crippen LogP contribution in [0.25, 0.3) is 0 Å². The highest BCUT2D eigenvalue weighted by molar-refractivity contribution is 5.85. The highest BCUT2D eigenvalue weighted by Gasteiger charge is 2.31. The molecule has 5 nitrogen and oxygen atoms in total. The molecule has 0 unspecified atom stereocenters. The first-order valence-corrected chi connectivity index (χ1v) is 7.85. The molecule has 0 bridgehead atoms. The van der Waals surface area contributed by atoms with Gasteiger partial charge in [0.2, 0.25) is 0 Å². The Hall–Kier alpha value is -0.880. The molecule has 1 aliphatic heterocycles. The van der Waals surface area contributed by atoms with Crippen molar-refractivity contribution in [3.63, 3.8) is 0 Å². The Morgan fingerprint density at radius 3 is 2.52 bits per heavy atom. The molecule has 2 fully saturated rings. The Labute approximate surface area is 149 Å². The summed E-state index contributed by atoms with van der Waals surface area (Å²) in [6.45, 7) is 5.88. The normalized spacial score (nSPS) is 19.3. The van der Waals surface area contributed by atoms with E-state index in [9.17, 15) is 10.1 Å². The lowest BCUT2D eigenvalue weighted by Crippen LogP contribution is -2.45. The van der Waals surface area contributed by atoms with Crippen LogP contribution in [0.5, 0.6) is 0 Å². The first-order valence-electron chi connectivity index (χ1n) is 7.85. The summed E-state index contributed by atoms with van der Waals surface area (Å²) in [5, 5.41) is 14.6. The Morgan fingerprint density at radius 2 is 1.96 bits per heavy atom. The van der Waals surface area contributed by atoms with E-state index in [4.69, 9.17) is 0 Å². The fraction of sp³-hybridized carbons (Fsp3) is 0.625. The van der Waals surface area contributed by atoms with Crippen LogP contribution >= 0.6 is 24.8 Å². The molecule has 23 heavy (non-hydrogen) atoms. The number of nitrogens with one attached hydrogen (secondary N) is 1. The summed E-state index contributed by atoms with van der Waals surface area (Å²) >= 11 is 0. The fourth-order valence-electron chi connectivity index (χ4n) is 3.19. The second-order valence-corrected chi connectivity index (χ2v) is 6.28. The van der Waals surface area contributed by atoms with E-state index in [1.165, 1.54) is 12.8 Å². The third-order valence-electron chi connectivity index (χ3n) is 4.66. The van der Waals surface area contributed by atoms with Crippen molar-refractivity contribution in [3.05, 3.63) is 39.4 Å². The molecule has 7 heteroatoms. The highest BCUT2D eigenvalue weighted by Crippen LogP contribution is 2.41. The van der Waals surface area contributed by atoms with E-state index in [-0.39, 0.29) is 35.4 Å². The molecule has 0 radical (unpaired) electrons. The average Bonchev–Trinajstić information content (AvgIpc) is 3.30. The largest absolute Gasteiger partial charge is 0.314 e. The van der Waals surface area contributed by atoms with Gasteiger partial charge in [0.25, 0.3) is 5.69 Å². The zero-order valence-corrected chi connectivity index (χ0v) is 15.0. The van der Waals surface area contributed by atoms with Crippen molar-refractivity contribution in [3.8, 4) is 0 Å². The van der Waals surface area contributed by atoms with Crippen molar-refractivity contribution in [1.82, 2.24) is 10.2 Å². The Balaban J connectivity index is 0.00000132. The Morgan fingerprint density at radius 1 is 1.30 bits per heavy atom. The summed E-state index contributed by atoms with van der Waals surface area (Å²) < 4.78 is 0. The predicted octanol–water partition coefficient (Wildman–Crippen LogP) is 3.49. The van der Waals surface area contributed by atoms with Crippen LogP contribution in [-0.4, -0.2) is 36.0 Å². The van der Waals surface area contributed by atoms with Gasteiger partial charge in [-0.05, 0) is 24.8 Å². The lowest BCUT2D eigenvalue weighted by molar-refractivity contribution is -0.385. The number of aryl methyl sites for hydroxylation is 1. The van der Waals surface area contributed by atoms with E-state index in [1.807, 2.05) is 13.0 Å². The number of nitro benzene ring substituents is 1. The number of nitro groups is 1. The van der Waals surface area contributed by atoms with Crippen LogP contribution in [0.3, 0.4) is 0 Å². The molecular formula is C16H25Cl2N3O2. The lowest BCUT2D eigenvalue weighted by Gasteiger charge is -2.35. The van der Waals surface area contributed by atoms with E-state index >= 15 is 0 Å². The SMILES string of the molecule is Cc1ccc([C@@H](CC2CC2)N2CCNCC2)cc1[N+](=O)[O-].Cl.Cl. The summed E-state index contributed by atoms with van der Waals surface area (Å²) in [4.78, 5) is 13.4. The number of halogens is 2. The standard InChI is InChI=1S/C16H23N3O2.2ClH/c1-12-2-5-14(11-15(12)19(20)21)16(10-13-3-4-13)18-8-6-17-7-9-18;;/h2,5,11,13,16-17H,3-4,6-10H2,1H3;2*1H/t16-;;/m1../s1. The molecule has 1 heterocycles. The van der Waals surface area contributed by atoms with Crippen LogP contribution in [0.1, 0.15) is 36.4 Å².